The standard InChI is InChI=1S/C11H13N5/c1-13-10(9-4-6-14-7-16-9)8-3-2-5-15-11(8)12/h2-7,10,13H,1H3,(H2,12,15). The van der Waals surface area contributed by atoms with E-state index in [1.165, 1.54) is 6.33 Å². The lowest BCUT2D eigenvalue weighted by Gasteiger charge is -2.16. The fourth-order valence-electron chi connectivity index (χ4n) is 1.61. The van der Waals surface area contributed by atoms with Crippen LogP contribution in [-0.4, -0.2) is 22.0 Å². The summed E-state index contributed by atoms with van der Waals surface area (Å²) in [6.45, 7) is 0. The van der Waals surface area contributed by atoms with Crippen molar-refractivity contribution in [3.8, 4) is 0 Å². The van der Waals surface area contributed by atoms with Crippen LogP contribution in [0.15, 0.2) is 36.9 Å². The maximum absolute atomic E-state index is 5.84. The van der Waals surface area contributed by atoms with Crippen molar-refractivity contribution in [1.29, 1.82) is 0 Å². The van der Waals surface area contributed by atoms with Crippen molar-refractivity contribution in [3.05, 3.63) is 48.2 Å². The van der Waals surface area contributed by atoms with Crippen LogP contribution in [0.5, 0.6) is 0 Å². The van der Waals surface area contributed by atoms with Gasteiger partial charge in [0.1, 0.15) is 12.1 Å². The van der Waals surface area contributed by atoms with E-state index in [9.17, 15) is 0 Å². The van der Waals surface area contributed by atoms with Crippen molar-refractivity contribution in [3.63, 3.8) is 0 Å². The summed E-state index contributed by atoms with van der Waals surface area (Å²) < 4.78 is 0. The molecule has 0 aromatic carbocycles. The highest BCUT2D eigenvalue weighted by Gasteiger charge is 2.15. The molecule has 0 saturated heterocycles. The first kappa shape index (κ1) is 10.5. The average molecular weight is 215 g/mol. The predicted octanol–water partition coefficient (Wildman–Crippen LogP) is 0.763. The minimum Gasteiger partial charge on any atom is -0.383 e. The summed E-state index contributed by atoms with van der Waals surface area (Å²) >= 11 is 0. The Balaban J connectivity index is 2.41. The summed E-state index contributed by atoms with van der Waals surface area (Å²) in [4.78, 5) is 12.2. The van der Waals surface area contributed by atoms with Gasteiger partial charge >= 0.3 is 0 Å². The van der Waals surface area contributed by atoms with Crippen LogP contribution in [0.4, 0.5) is 5.82 Å². The molecule has 0 radical (unpaired) electrons. The molecule has 2 aromatic rings. The zero-order valence-corrected chi connectivity index (χ0v) is 8.96. The van der Waals surface area contributed by atoms with Gasteiger partial charge in [0.05, 0.1) is 11.7 Å². The molecule has 1 unspecified atom stereocenters. The molecule has 0 aliphatic heterocycles. The van der Waals surface area contributed by atoms with Crippen LogP contribution in [0.25, 0.3) is 0 Å². The number of aromatic nitrogens is 3. The summed E-state index contributed by atoms with van der Waals surface area (Å²) in [7, 11) is 1.86. The van der Waals surface area contributed by atoms with Crippen molar-refractivity contribution in [2.24, 2.45) is 0 Å². The number of nitrogens with zero attached hydrogens (tertiary/aromatic N) is 3. The molecule has 16 heavy (non-hydrogen) atoms. The third kappa shape index (κ3) is 1.99. The molecule has 0 fully saturated rings. The Morgan fingerprint density at radius 1 is 1.25 bits per heavy atom. The summed E-state index contributed by atoms with van der Waals surface area (Å²) in [6.07, 6.45) is 4.90. The van der Waals surface area contributed by atoms with Gasteiger partial charge in [0.15, 0.2) is 0 Å². The van der Waals surface area contributed by atoms with E-state index < -0.39 is 0 Å². The smallest absolute Gasteiger partial charge is 0.128 e. The lowest BCUT2D eigenvalue weighted by atomic mass is 10.0. The number of nitrogens with one attached hydrogen (secondary N) is 1. The maximum Gasteiger partial charge on any atom is 0.128 e. The average Bonchev–Trinajstić information content (AvgIpc) is 2.34. The molecule has 3 N–H and O–H groups in total. The molecule has 5 nitrogen and oxygen atoms in total. The zero-order chi connectivity index (χ0) is 11.4. The molecule has 2 heterocycles. The predicted molar refractivity (Wildman–Crippen MR) is 61.6 cm³/mol. The zero-order valence-electron chi connectivity index (χ0n) is 8.96. The van der Waals surface area contributed by atoms with E-state index in [4.69, 9.17) is 5.73 Å². The van der Waals surface area contributed by atoms with Crippen LogP contribution in [0, 0.1) is 0 Å². The minimum absolute atomic E-state index is 0.0586. The quantitative estimate of drug-likeness (QED) is 0.790. The highest BCUT2D eigenvalue weighted by molar-refractivity contribution is 5.43. The Morgan fingerprint density at radius 3 is 2.75 bits per heavy atom. The Bertz CT molecular complexity index is 457. The lowest BCUT2D eigenvalue weighted by Crippen LogP contribution is -2.20. The molecule has 0 aliphatic rings. The Morgan fingerprint density at radius 2 is 2.12 bits per heavy atom. The summed E-state index contributed by atoms with van der Waals surface area (Å²) in [5, 5.41) is 3.17. The van der Waals surface area contributed by atoms with Crippen molar-refractivity contribution >= 4 is 5.82 Å². The molecule has 0 amide bonds. The molecular weight excluding hydrogens is 202 g/mol. The topological polar surface area (TPSA) is 76.7 Å². The lowest BCUT2D eigenvalue weighted by molar-refractivity contribution is 0.668. The van der Waals surface area contributed by atoms with Gasteiger partial charge in [-0.3, -0.25) is 0 Å². The van der Waals surface area contributed by atoms with Crippen molar-refractivity contribution in [1.82, 2.24) is 20.3 Å². The van der Waals surface area contributed by atoms with Gasteiger partial charge in [-0.05, 0) is 19.2 Å². The Kier molecular flexibility index (Phi) is 3.07. The molecule has 5 heteroatoms. The first-order chi connectivity index (χ1) is 7.83. The molecule has 1 atom stereocenters. The van der Waals surface area contributed by atoms with Gasteiger partial charge in [-0.15, -0.1) is 0 Å². The monoisotopic (exact) mass is 215 g/mol. The second-order valence-electron chi connectivity index (χ2n) is 3.33. The second kappa shape index (κ2) is 4.67. The third-order valence-electron chi connectivity index (χ3n) is 2.37. The maximum atomic E-state index is 5.84. The minimum atomic E-state index is -0.0586. The van der Waals surface area contributed by atoms with Gasteiger partial charge in [0.25, 0.3) is 0 Å². The second-order valence-corrected chi connectivity index (χ2v) is 3.33. The highest BCUT2D eigenvalue weighted by atomic mass is 14.9. The van der Waals surface area contributed by atoms with Gasteiger partial charge < -0.3 is 11.1 Å². The van der Waals surface area contributed by atoms with E-state index in [2.05, 4.69) is 20.3 Å². The van der Waals surface area contributed by atoms with E-state index in [1.54, 1.807) is 12.4 Å². The SMILES string of the molecule is CNC(c1ccncn1)c1cccnc1N. The van der Waals surface area contributed by atoms with Crippen LogP contribution in [-0.2, 0) is 0 Å². The van der Waals surface area contributed by atoms with Crippen molar-refractivity contribution in [2.45, 2.75) is 6.04 Å². The first-order valence-electron chi connectivity index (χ1n) is 4.96. The van der Waals surface area contributed by atoms with Gasteiger partial charge in [0, 0.05) is 18.0 Å². The molecule has 0 bridgehead atoms. The van der Waals surface area contributed by atoms with Crippen LogP contribution >= 0.6 is 0 Å². The molecule has 2 aromatic heterocycles. The summed E-state index contributed by atoms with van der Waals surface area (Å²) in [5.74, 6) is 0.514. The largest absolute Gasteiger partial charge is 0.383 e. The normalized spacial score (nSPS) is 12.3. The Hall–Kier alpha value is -2.01. The van der Waals surface area contributed by atoms with E-state index in [1.807, 2.05) is 25.2 Å². The number of nitrogen functional groups attached to an aromatic ring is 1. The number of hydrogen-bond acceptors (Lipinski definition) is 5. The molecule has 0 aliphatic carbocycles. The van der Waals surface area contributed by atoms with Gasteiger partial charge in [-0.25, -0.2) is 15.0 Å². The number of pyridine rings is 1. The molecule has 0 saturated carbocycles. The number of nitrogens with two attached hydrogens (primary N) is 1. The van der Waals surface area contributed by atoms with Crippen LogP contribution < -0.4 is 11.1 Å². The third-order valence-corrected chi connectivity index (χ3v) is 2.37. The van der Waals surface area contributed by atoms with Crippen LogP contribution in [0.1, 0.15) is 17.3 Å². The Labute approximate surface area is 93.8 Å². The fourth-order valence-corrected chi connectivity index (χ4v) is 1.61. The first-order valence-corrected chi connectivity index (χ1v) is 4.96. The number of rotatable bonds is 3. The van der Waals surface area contributed by atoms with Gasteiger partial charge in [0.2, 0.25) is 0 Å². The van der Waals surface area contributed by atoms with E-state index in [0.717, 1.165) is 11.3 Å². The molecule has 0 spiro atoms. The van der Waals surface area contributed by atoms with Crippen LogP contribution in [0.2, 0.25) is 0 Å². The summed E-state index contributed by atoms with van der Waals surface area (Å²) in [6, 6.07) is 5.59. The molecule has 2 rings (SSSR count). The van der Waals surface area contributed by atoms with E-state index in [0.29, 0.717) is 5.82 Å². The van der Waals surface area contributed by atoms with Crippen LogP contribution in [0.3, 0.4) is 0 Å². The van der Waals surface area contributed by atoms with Gasteiger partial charge in [-0.2, -0.15) is 0 Å². The van der Waals surface area contributed by atoms with Crippen molar-refractivity contribution in [2.75, 3.05) is 12.8 Å². The molecule has 82 valence electrons. The van der Waals surface area contributed by atoms with Crippen molar-refractivity contribution < 1.29 is 0 Å². The number of hydrogen-bond donors (Lipinski definition) is 2. The van der Waals surface area contributed by atoms with Gasteiger partial charge in [-0.1, -0.05) is 6.07 Å². The fraction of sp³-hybridized carbons (Fsp3) is 0.182. The van der Waals surface area contributed by atoms with E-state index in [-0.39, 0.29) is 6.04 Å². The van der Waals surface area contributed by atoms with E-state index >= 15 is 0 Å². The molecular formula is C11H13N5. The number of anilines is 1. The summed E-state index contributed by atoms with van der Waals surface area (Å²) in [5.41, 5.74) is 7.63. The highest BCUT2D eigenvalue weighted by Crippen LogP contribution is 2.22.